The van der Waals surface area contributed by atoms with Gasteiger partial charge in [-0.15, -0.1) is 0 Å². The quantitative estimate of drug-likeness (QED) is 0.166. The first-order valence-corrected chi connectivity index (χ1v) is 14.9. The summed E-state index contributed by atoms with van der Waals surface area (Å²) in [6.07, 6.45) is 0.640. The lowest BCUT2D eigenvalue weighted by molar-refractivity contribution is -0.139. The highest BCUT2D eigenvalue weighted by Crippen LogP contribution is 2.15. The predicted molar refractivity (Wildman–Crippen MR) is 122 cm³/mol. The normalized spacial score (nSPS) is 11.2. The summed E-state index contributed by atoms with van der Waals surface area (Å²) in [4.78, 5) is 22.1. The van der Waals surface area contributed by atoms with Crippen LogP contribution in [0.5, 0.6) is 0 Å². The highest BCUT2D eigenvalue weighted by Gasteiger charge is 2.37. The highest BCUT2D eigenvalue weighted by atomic mass is 28.4. The fourth-order valence-electron chi connectivity index (χ4n) is 2.11. The molecular weight excluding hydrogens is 424 g/mol. The minimum absolute atomic E-state index is 0.314. The zero-order valence-corrected chi connectivity index (χ0v) is 21.9. The Morgan fingerprint density at radius 3 is 1.60 bits per heavy atom. The number of carbonyl (C=O) groups excluding carboxylic acids is 2. The first-order valence-electron chi connectivity index (χ1n) is 9.85. The summed E-state index contributed by atoms with van der Waals surface area (Å²) in [6, 6.07) is 1.44. The molecule has 10 heteroatoms. The molecule has 0 spiro atoms. The molecular formula is C20H40O8Si2. The molecule has 8 nitrogen and oxygen atoms in total. The van der Waals surface area contributed by atoms with Crippen LogP contribution in [0.1, 0.15) is 27.2 Å². The lowest BCUT2D eigenvalue weighted by atomic mass is 10.4. The van der Waals surface area contributed by atoms with Crippen molar-refractivity contribution in [1.29, 1.82) is 0 Å². The van der Waals surface area contributed by atoms with Crippen molar-refractivity contribution in [2.45, 2.75) is 52.4 Å². The Balaban J connectivity index is 0. The summed E-state index contributed by atoms with van der Waals surface area (Å²) >= 11 is 0. The maximum absolute atomic E-state index is 11.1. The SMILES string of the molecule is C=C(C)C(=O)OCCC[Si](OC)(OC)OC.C=C(C)C(=O)OCC[Si](C)(C)OCC. The Morgan fingerprint density at radius 2 is 1.23 bits per heavy atom. The standard InChI is InChI=1S/C10H20O5Si.C10H20O3Si/c1-9(2)10(11)15-7-6-8-16(12-3,13-4)14-5;1-6-13-14(4,5)8-7-12-10(11)9(2)3/h1,6-8H2,2-5H3;2,6-8H2,1,3-5H3. The first-order chi connectivity index (χ1) is 13.9. The van der Waals surface area contributed by atoms with Crippen LogP contribution in [-0.2, 0) is 36.8 Å². The van der Waals surface area contributed by atoms with Gasteiger partial charge >= 0.3 is 20.7 Å². The molecule has 0 aromatic carbocycles. The van der Waals surface area contributed by atoms with Gasteiger partial charge in [0, 0.05) is 51.2 Å². The molecule has 0 amide bonds. The van der Waals surface area contributed by atoms with Gasteiger partial charge in [0.25, 0.3) is 0 Å². The zero-order valence-electron chi connectivity index (χ0n) is 19.9. The predicted octanol–water partition coefficient (Wildman–Crippen LogP) is 3.72. The lowest BCUT2D eigenvalue weighted by Crippen LogP contribution is -2.42. The van der Waals surface area contributed by atoms with Gasteiger partial charge in [-0.25, -0.2) is 9.59 Å². The number of carbonyl (C=O) groups is 2. The lowest BCUT2D eigenvalue weighted by Gasteiger charge is -2.24. The largest absolute Gasteiger partial charge is 0.500 e. The van der Waals surface area contributed by atoms with Crippen LogP contribution in [0.15, 0.2) is 24.3 Å². The van der Waals surface area contributed by atoms with E-state index in [9.17, 15) is 9.59 Å². The molecule has 0 bridgehead atoms. The molecule has 0 fully saturated rings. The molecule has 0 aliphatic heterocycles. The van der Waals surface area contributed by atoms with E-state index in [1.165, 1.54) is 0 Å². The van der Waals surface area contributed by atoms with Crippen LogP contribution in [0, 0.1) is 0 Å². The number of ether oxygens (including phenoxy) is 2. The summed E-state index contributed by atoms with van der Waals surface area (Å²) in [5.74, 6) is -0.689. The van der Waals surface area contributed by atoms with Crippen molar-refractivity contribution >= 4 is 29.1 Å². The average molecular weight is 465 g/mol. The summed E-state index contributed by atoms with van der Waals surface area (Å²) in [7, 11) is 0.522. The van der Waals surface area contributed by atoms with Gasteiger partial charge in [-0.3, -0.25) is 0 Å². The number of rotatable bonds is 14. The van der Waals surface area contributed by atoms with Crippen LogP contribution < -0.4 is 0 Å². The number of esters is 2. The maximum Gasteiger partial charge on any atom is 0.500 e. The van der Waals surface area contributed by atoms with E-state index in [4.69, 9.17) is 27.2 Å². The van der Waals surface area contributed by atoms with Crippen molar-refractivity contribution < 1.29 is 36.8 Å². The molecule has 0 heterocycles. The summed E-state index contributed by atoms with van der Waals surface area (Å²) in [6.45, 7) is 18.0. The van der Waals surface area contributed by atoms with E-state index in [2.05, 4.69) is 26.3 Å². The minimum Gasteiger partial charge on any atom is -0.463 e. The Labute approximate surface area is 184 Å². The van der Waals surface area contributed by atoms with Crippen molar-refractivity contribution in [3.63, 3.8) is 0 Å². The second-order valence-corrected chi connectivity index (χ2v) is 14.6. The molecule has 30 heavy (non-hydrogen) atoms. The molecule has 176 valence electrons. The van der Waals surface area contributed by atoms with E-state index in [0.29, 0.717) is 36.8 Å². The van der Waals surface area contributed by atoms with Crippen LogP contribution in [0.4, 0.5) is 0 Å². The van der Waals surface area contributed by atoms with Gasteiger partial charge in [0.1, 0.15) is 0 Å². The molecule has 0 aromatic rings. The van der Waals surface area contributed by atoms with E-state index in [1.54, 1.807) is 35.2 Å². The minimum atomic E-state index is -2.53. The topological polar surface area (TPSA) is 89.5 Å². The summed E-state index contributed by atoms with van der Waals surface area (Å²) in [5, 5.41) is 0. The van der Waals surface area contributed by atoms with Crippen LogP contribution in [0.2, 0.25) is 25.2 Å². The molecule has 0 radical (unpaired) electrons. The number of hydrogen-bond donors (Lipinski definition) is 0. The Hall–Kier alpha value is -1.31. The van der Waals surface area contributed by atoms with E-state index >= 15 is 0 Å². The zero-order chi connectivity index (χ0) is 23.8. The van der Waals surface area contributed by atoms with Crippen LogP contribution >= 0.6 is 0 Å². The molecule has 0 rings (SSSR count). The molecule has 0 saturated heterocycles. The van der Waals surface area contributed by atoms with Crippen molar-refractivity contribution in [1.82, 2.24) is 0 Å². The average Bonchev–Trinajstić information content (AvgIpc) is 2.68. The second-order valence-electron chi connectivity index (χ2n) is 7.17. The summed E-state index contributed by atoms with van der Waals surface area (Å²) < 4.78 is 31.2. The smallest absolute Gasteiger partial charge is 0.463 e. The van der Waals surface area contributed by atoms with Crippen LogP contribution in [-0.4, -0.2) is 70.2 Å². The Bertz CT molecular complexity index is 537. The third kappa shape index (κ3) is 14.6. The first kappa shape index (κ1) is 30.9. The van der Waals surface area contributed by atoms with Gasteiger partial charge in [0.2, 0.25) is 0 Å². The Morgan fingerprint density at radius 1 is 0.800 bits per heavy atom. The molecule has 0 N–H and O–H groups in total. The number of hydrogen-bond acceptors (Lipinski definition) is 8. The molecule has 0 aliphatic rings. The maximum atomic E-state index is 11.1. The fourth-order valence-corrected chi connectivity index (χ4v) is 5.32. The Kier molecular flexibility index (Phi) is 16.9. The molecule has 0 atom stereocenters. The van der Waals surface area contributed by atoms with E-state index < -0.39 is 17.1 Å². The fraction of sp³-hybridized carbons (Fsp3) is 0.700. The van der Waals surface area contributed by atoms with Gasteiger partial charge in [0.05, 0.1) is 13.2 Å². The van der Waals surface area contributed by atoms with Crippen molar-refractivity contribution in [3.05, 3.63) is 24.3 Å². The van der Waals surface area contributed by atoms with E-state index in [1.807, 2.05) is 6.92 Å². The van der Waals surface area contributed by atoms with Gasteiger partial charge in [-0.05, 0) is 40.3 Å². The van der Waals surface area contributed by atoms with Gasteiger partial charge in [-0.1, -0.05) is 13.2 Å². The third-order valence-electron chi connectivity index (χ3n) is 3.96. The van der Waals surface area contributed by atoms with E-state index in [-0.39, 0.29) is 11.9 Å². The van der Waals surface area contributed by atoms with Gasteiger partial charge in [0.15, 0.2) is 8.32 Å². The molecule has 0 saturated carbocycles. The van der Waals surface area contributed by atoms with Crippen molar-refractivity contribution in [2.75, 3.05) is 41.2 Å². The molecule has 0 aliphatic carbocycles. The highest BCUT2D eigenvalue weighted by molar-refractivity contribution is 6.71. The van der Waals surface area contributed by atoms with Crippen LogP contribution in [0.3, 0.4) is 0 Å². The molecule has 0 unspecified atom stereocenters. The monoisotopic (exact) mass is 464 g/mol. The van der Waals surface area contributed by atoms with Crippen molar-refractivity contribution in [3.8, 4) is 0 Å². The van der Waals surface area contributed by atoms with Crippen LogP contribution in [0.25, 0.3) is 0 Å². The summed E-state index contributed by atoms with van der Waals surface area (Å²) in [5.41, 5.74) is 0.842. The molecule has 0 aromatic heterocycles. The van der Waals surface area contributed by atoms with Gasteiger partial charge < -0.3 is 27.2 Å². The van der Waals surface area contributed by atoms with Crippen molar-refractivity contribution in [2.24, 2.45) is 0 Å². The second kappa shape index (κ2) is 16.4. The van der Waals surface area contributed by atoms with E-state index in [0.717, 1.165) is 12.7 Å². The van der Waals surface area contributed by atoms with Gasteiger partial charge in [-0.2, -0.15) is 0 Å². The third-order valence-corrected chi connectivity index (χ3v) is 9.27.